The summed E-state index contributed by atoms with van der Waals surface area (Å²) in [5.74, 6) is -0.0173. The van der Waals surface area contributed by atoms with Crippen LogP contribution in [0.15, 0.2) is 0 Å². The lowest BCUT2D eigenvalue weighted by Gasteiger charge is -2.34. The van der Waals surface area contributed by atoms with Gasteiger partial charge in [-0.2, -0.15) is 9.97 Å². The summed E-state index contributed by atoms with van der Waals surface area (Å²) < 4.78 is 41.2. The summed E-state index contributed by atoms with van der Waals surface area (Å²) in [6, 6.07) is 0.356. The zero-order valence-electron chi connectivity index (χ0n) is 18.5. The van der Waals surface area contributed by atoms with E-state index in [0.29, 0.717) is 50.3 Å². The molecular weight excluding hydrogens is 452 g/mol. The highest BCUT2D eigenvalue weighted by molar-refractivity contribution is 6.30. The van der Waals surface area contributed by atoms with Gasteiger partial charge in [0.25, 0.3) is 0 Å². The largest absolute Gasteiger partial charge is 0.461 e. The zero-order chi connectivity index (χ0) is 22.6. The molecule has 0 N–H and O–H groups in total. The first kappa shape index (κ1) is 21.7. The minimum atomic E-state index is -0.845. The molecule has 0 amide bonds. The van der Waals surface area contributed by atoms with Crippen LogP contribution < -0.4 is 9.64 Å². The van der Waals surface area contributed by atoms with E-state index in [9.17, 15) is 4.39 Å². The van der Waals surface area contributed by atoms with Crippen LogP contribution in [0.2, 0.25) is 5.15 Å². The Kier molecular flexibility index (Phi) is 5.54. The Hall–Kier alpha value is -1.84. The van der Waals surface area contributed by atoms with Crippen LogP contribution in [0.3, 0.4) is 0 Å². The van der Waals surface area contributed by atoms with E-state index in [0.717, 1.165) is 44.3 Å². The molecule has 0 aromatic carbocycles. The molecule has 178 valence electrons. The molecule has 10 heteroatoms. The van der Waals surface area contributed by atoms with Crippen molar-refractivity contribution in [3.63, 3.8) is 0 Å². The van der Waals surface area contributed by atoms with E-state index in [-0.39, 0.29) is 34.9 Å². The molecule has 0 spiro atoms. The first-order valence-corrected chi connectivity index (χ1v) is 12.3. The maximum atomic E-state index is 15.2. The van der Waals surface area contributed by atoms with Gasteiger partial charge in [0.1, 0.15) is 24.1 Å². The second-order valence-electron chi connectivity index (χ2n) is 9.72. The summed E-state index contributed by atoms with van der Waals surface area (Å²) >= 11 is 6.16. The molecular formula is C23H28ClF2N5O2. The summed E-state index contributed by atoms with van der Waals surface area (Å²) in [4.78, 5) is 18.0. The SMILES string of the molecule is Fc1c(Cl)nc2c3c(nc(OC[C@@]45CCCN4C[C@H](F)C5)nc13)N1CCOCCC1CCC2. The van der Waals surface area contributed by atoms with Crippen molar-refractivity contribution in [2.45, 2.75) is 62.7 Å². The second-order valence-corrected chi connectivity index (χ2v) is 10.1. The Bertz CT molecular complexity index is 1080. The number of alkyl halides is 1. The molecule has 0 bridgehead atoms. The number of pyridine rings is 1. The Balaban J connectivity index is 1.43. The van der Waals surface area contributed by atoms with Gasteiger partial charge in [0, 0.05) is 32.2 Å². The van der Waals surface area contributed by atoms with E-state index in [4.69, 9.17) is 26.1 Å². The highest BCUT2D eigenvalue weighted by atomic mass is 35.5. The van der Waals surface area contributed by atoms with Crippen molar-refractivity contribution in [2.24, 2.45) is 0 Å². The van der Waals surface area contributed by atoms with Gasteiger partial charge in [0.15, 0.2) is 11.0 Å². The number of ether oxygens (including phenoxy) is 2. The van der Waals surface area contributed by atoms with Crippen LogP contribution >= 0.6 is 11.6 Å². The Morgan fingerprint density at radius 3 is 2.97 bits per heavy atom. The Morgan fingerprint density at radius 1 is 1.15 bits per heavy atom. The van der Waals surface area contributed by atoms with Crippen molar-refractivity contribution in [3.05, 3.63) is 16.7 Å². The van der Waals surface area contributed by atoms with Gasteiger partial charge in [-0.05, 0) is 45.1 Å². The van der Waals surface area contributed by atoms with Gasteiger partial charge in [0.05, 0.1) is 23.2 Å². The maximum Gasteiger partial charge on any atom is 0.319 e. The van der Waals surface area contributed by atoms with Crippen LogP contribution in [0.25, 0.3) is 10.9 Å². The monoisotopic (exact) mass is 479 g/mol. The third-order valence-electron chi connectivity index (χ3n) is 7.75. The summed E-state index contributed by atoms with van der Waals surface area (Å²) in [6.45, 7) is 3.54. The molecule has 0 aliphatic carbocycles. The molecule has 1 unspecified atom stereocenters. The summed E-state index contributed by atoms with van der Waals surface area (Å²) in [5, 5.41) is 0.433. The highest BCUT2D eigenvalue weighted by Crippen LogP contribution is 2.41. The highest BCUT2D eigenvalue weighted by Gasteiger charge is 2.49. The summed E-state index contributed by atoms with van der Waals surface area (Å²) in [6.07, 6.45) is 4.98. The summed E-state index contributed by atoms with van der Waals surface area (Å²) in [7, 11) is 0. The van der Waals surface area contributed by atoms with E-state index in [1.807, 2.05) is 0 Å². The predicted octanol–water partition coefficient (Wildman–Crippen LogP) is 3.70. The number of hydrogen-bond acceptors (Lipinski definition) is 7. The van der Waals surface area contributed by atoms with Gasteiger partial charge in [-0.15, -0.1) is 0 Å². The van der Waals surface area contributed by atoms with Gasteiger partial charge >= 0.3 is 6.01 Å². The van der Waals surface area contributed by atoms with Gasteiger partial charge in [-0.1, -0.05) is 11.6 Å². The van der Waals surface area contributed by atoms with Crippen molar-refractivity contribution in [1.82, 2.24) is 19.9 Å². The third kappa shape index (κ3) is 3.72. The molecule has 3 saturated heterocycles. The number of halogens is 3. The maximum absolute atomic E-state index is 15.2. The minimum absolute atomic E-state index is 0.109. The van der Waals surface area contributed by atoms with Crippen LogP contribution in [0.4, 0.5) is 14.6 Å². The number of aromatic nitrogens is 3. The van der Waals surface area contributed by atoms with E-state index >= 15 is 4.39 Å². The molecule has 2 aromatic rings. The fourth-order valence-electron chi connectivity index (χ4n) is 6.18. The number of nitrogens with zero attached hydrogens (tertiary/aromatic N) is 5. The van der Waals surface area contributed by atoms with Crippen LogP contribution in [0.1, 0.15) is 44.2 Å². The van der Waals surface area contributed by atoms with Crippen molar-refractivity contribution >= 4 is 28.3 Å². The predicted molar refractivity (Wildman–Crippen MR) is 120 cm³/mol. The first-order chi connectivity index (χ1) is 16.0. The number of anilines is 1. The van der Waals surface area contributed by atoms with Crippen LogP contribution in [-0.4, -0.2) is 77.1 Å². The smallest absolute Gasteiger partial charge is 0.319 e. The van der Waals surface area contributed by atoms with Gasteiger partial charge in [0.2, 0.25) is 0 Å². The number of aryl methyl sites for hydroxylation is 1. The fourth-order valence-corrected chi connectivity index (χ4v) is 6.37. The van der Waals surface area contributed by atoms with E-state index < -0.39 is 12.0 Å². The molecule has 2 aromatic heterocycles. The minimum Gasteiger partial charge on any atom is -0.461 e. The lowest BCUT2D eigenvalue weighted by Crippen LogP contribution is -2.43. The van der Waals surface area contributed by atoms with E-state index in [1.165, 1.54) is 0 Å². The number of rotatable bonds is 3. The van der Waals surface area contributed by atoms with Gasteiger partial charge in [-0.25, -0.2) is 13.8 Å². The fraction of sp³-hybridized carbons (Fsp3) is 0.696. The molecule has 6 heterocycles. The lowest BCUT2D eigenvalue weighted by molar-refractivity contribution is 0.107. The molecule has 7 nitrogen and oxygen atoms in total. The van der Waals surface area contributed by atoms with Crippen LogP contribution in [0, 0.1) is 5.82 Å². The lowest BCUT2D eigenvalue weighted by atomic mass is 9.95. The summed E-state index contributed by atoms with van der Waals surface area (Å²) in [5.41, 5.74) is 0.534. The molecule has 0 radical (unpaired) electrons. The standard InChI is InChI=1S/C23H28ClF2N5O2/c24-20-18(26)19-17-16(27-20)4-1-3-15-5-9-32-10-8-31(15)21(17)29-22(28-19)33-13-23-6-2-7-30(23)12-14(25)11-23/h14-15H,1-13H2/t14-,15?,23+/m1/s1. The molecule has 33 heavy (non-hydrogen) atoms. The van der Waals surface area contributed by atoms with Gasteiger partial charge < -0.3 is 14.4 Å². The third-order valence-corrected chi connectivity index (χ3v) is 8.00. The average Bonchev–Trinajstić information content (AvgIpc) is 3.20. The van der Waals surface area contributed by atoms with Crippen LogP contribution in [0.5, 0.6) is 6.01 Å². The second kappa shape index (κ2) is 8.43. The van der Waals surface area contributed by atoms with Crippen molar-refractivity contribution in [3.8, 4) is 6.01 Å². The molecule has 6 rings (SSSR count). The molecule has 0 saturated carbocycles. The molecule has 3 fully saturated rings. The Labute approximate surface area is 196 Å². The van der Waals surface area contributed by atoms with Crippen molar-refractivity contribution in [2.75, 3.05) is 44.4 Å². The Morgan fingerprint density at radius 2 is 2.06 bits per heavy atom. The zero-order valence-corrected chi connectivity index (χ0v) is 19.3. The number of hydrogen-bond donors (Lipinski definition) is 0. The first-order valence-electron chi connectivity index (χ1n) is 12.0. The average molecular weight is 480 g/mol. The molecule has 4 aliphatic rings. The molecule has 3 atom stereocenters. The van der Waals surface area contributed by atoms with E-state index in [1.54, 1.807) is 0 Å². The topological polar surface area (TPSA) is 63.6 Å². The number of fused-ring (bicyclic) bond motifs is 3. The van der Waals surface area contributed by atoms with Gasteiger partial charge in [-0.3, -0.25) is 4.90 Å². The van der Waals surface area contributed by atoms with E-state index in [2.05, 4.69) is 19.8 Å². The molecule has 4 aliphatic heterocycles. The van der Waals surface area contributed by atoms with Crippen LogP contribution in [-0.2, 0) is 11.2 Å². The normalized spacial score (nSPS) is 30.0. The van der Waals surface area contributed by atoms with Crippen molar-refractivity contribution < 1.29 is 18.3 Å². The quantitative estimate of drug-likeness (QED) is 0.622. The van der Waals surface area contributed by atoms with Crippen molar-refractivity contribution in [1.29, 1.82) is 0 Å².